The van der Waals surface area contributed by atoms with E-state index in [9.17, 15) is 9.59 Å². The van der Waals surface area contributed by atoms with E-state index in [0.29, 0.717) is 10.3 Å². The monoisotopic (exact) mass is 366 g/mol. The van der Waals surface area contributed by atoms with Crippen molar-refractivity contribution in [1.29, 1.82) is 0 Å². The van der Waals surface area contributed by atoms with Gasteiger partial charge in [-0.3, -0.25) is 9.59 Å². The van der Waals surface area contributed by atoms with Gasteiger partial charge in [0.25, 0.3) is 11.5 Å². The maximum absolute atomic E-state index is 12.4. The molecule has 2 rings (SSSR count). The number of amides is 1. The molecule has 0 saturated carbocycles. The first kappa shape index (κ1) is 16.5. The van der Waals surface area contributed by atoms with Gasteiger partial charge in [0, 0.05) is 23.3 Å². The quantitative estimate of drug-likeness (QED) is 0.887. The number of nitrogens with one attached hydrogen (secondary N) is 1. The number of anilines is 1. The van der Waals surface area contributed by atoms with Crippen LogP contribution in [-0.2, 0) is 12.6 Å². The lowest BCUT2D eigenvalue weighted by Gasteiger charge is -2.22. The SMILES string of the molecule is Cc1c(Br)cc(C(=O)Nc2ccnn2C(C)(C)C)c(=O)n1C. The van der Waals surface area contributed by atoms with Gasteiger partial charge < -0.3 is 9.88 Å². The molecule has 0 aliphatic heterocycles. The van der Waals surface area contributed by atoms with Gasteiger partial charge in [-0.05, 0) is 49.7 Å². The van der Waals surface area contributed by atoms with E-state index in [1.165, 1.54) is 4.57 Å². The molecule has 22 heavy (non-hydrogen) atoms. The van der Waals surface area contributed by atoms with Crippen LogP contribution in [0.2, 0.25) is 0 Å². The average molecular weight is 367 g/mol. The van der Waals surface area contributed by atoms with Crippen LogP contribution in [0.25, 0.3) is 0 Å². The van der Waals surface area contributed by atoms with Gasteiger partial charge in [-0.2, -0.15) is 5.10 Å². The Morgan fingerprint density at radius 1 is 1.36 bits per heavy atom. The molecule has 0 saturated heterocycles. The molecule has 2 aromatic heterocycles. The molecule has 1 N–H and O–H groups in total. The number of pyridine rings is 1. The molecular formula is C15H19BrN4O2. The summed E-state index contributed by atoms with van der Waals surface area (Å²) in [4.78, 5) is 24.7. The second kappa shape index (κ2) is 5.72. The van der Waals surface area contributed by atoms with E-state index in [1.54, 1.807) is 30.1 Å². The van der Waals surface area contributed by atoms with Crippen LogP contribution in [0.5, 0.6) is 0 Å². The van der Waals surface area contributed by atoms with Gasteiger partial charge >= 0.3 is 0 Å². The van der Waals surface area contributed by atoms with Gasteiger partial charge in [0.15, 0.2) is 0 Å². The van der Waals surface area contributed by atoms with Crippen LogP contribution in [0.15, 0.2) is 27.6 Å². The Bertz CT molecular complexity index is 784. The highest BCUT2D eigenvalue weighted by Crippen LogP contribution is 2.20. The molecule has 0 radical (unpaired) electrons. The van der Waals surface area contributed by atoms with Crippen LogP contribution in [0.1, 0.15) is 36.8 Å². The third-order valence-corrected chi connectivity index (χ3v) is 4.22. The number of nitrogens with zero attached hydrogens (tertiary/aromatic N) is 3. The number of rotatable bonds is 2. The molecule has 6 nitrogen and oxygen atoms in total. The Kier molecular flexibility index (Phi) is 4.28. The zero-order valence-corrected chi connectivity index (χ0v) is 14.9. The van der Waals surface area contributed by atoms with Gasteiger partial charge in [-0.1, -0.05) is 0 Å². The maximum Gasteiger partial charge on any atom is 0.263 e. The number of aromatic nitrogens is 3. The summed E-state index contributed by atoms with van der Waals surface area (Å²) in [6, 6.07) is 3.25. The lowest BCUT2D eigenvalue weighted by molar-refractivity contribution is 0.102. The van der Waals surface area contributed by atoms with Crippen molar-refractivity contribution in [2.75, 3.05) is 5.32 Å². The molecule has 118 valence electrons. The summed E-state index contributed by atoms with van der Waals surface area (Å²) >= 11 is 3.37. The van der Waals surface area contributed by atoms with Crippen LogP contribution in [-0.4, -0.2) is 20.3 Å². The molecule has 7 heteroatoms. The standard InChI is InChI=1S/C15H19BrN4O2/c1-9-11(16)8-10(14(22)19(9)5)13(21)18-12-6-7-17-20(12)15(2,3)4/h6-8H,1-5H3,(H,18,21). The molecule has 2 aromatic rings. The van der Waals surface area contributed by atoms with Crippen molar-refractivity contribution in [3.8, 4) is 0 Å². The normalized spacial score (nSPS) is 11.5. The van der Waals surface area contributed by atoms with Gasteiger partial charge in [0.2, 0.25) is 0 Å². The van der Waals surface area contributed by atoms with E-state index in [4.69, 9.17) is 0 Å². The summed E-state index contributed by atoms with van der Waals surface area (Å²) in [5.74, 6) is 0.101. The van der Waals surface area contributed by atoms with Crippen molar-refractivity contribution in [2.45, 2.75) is 33.2 Å². The molecule has 0 aliphatic rings. The number of halogens is 1. The van der Waals surface area contributed by atoms with Gasteiger partial charge in [0.1, 0.15) is 11.4 Å². The summed E-state index contributed by atoms with van der Waals surface area (Å²) in [5, 5.41) is 6.97. The predicted molar refractivity (Wildman–Crippen MR) is 89.3 cm³/mol. The van der Waals surface area contributed by atoms with Crippen molar-refractivity contribution in [3.05, 3.63) is 44.4 Å². The van der Waals surface area contributed by atoms with E-state index in [1.807, 2.05) is 27.7 Å². The largest absolute Gasteiger partial charge is 0.314 e. The number of hydrogen-bond acceptors (Lipinski definition) is 3. The minimum atomic E-state index is -0.452. The minimum absolute atomic E-state index is 0.0848. The fourth-order valence-electron chi connectivity index (χ4n) is 2.07. The number of hydrogen-bond donors (Lipinski definition) is 1. The fourth-order valence-corrected chi connectivity index (χ4v) is 2.56. The Labute approximate surface area is 137 Å². The van der Waals surface area contributed by atoms with Gasteiger partial charge in [-0.25, -0.2) is 4.68 Å². The third-order valence-electron chi connectivity index (χ3n) is 3.42. The molecule has 0 aromatic carbocycles. The molecule has 0 aliphatic carbocycles. The Balaban J connectivity index is 2.40. The zero-order valence-electron chi connectivity index (χ0n) is 13.3. The molecular weight excluding hydrogens is 348 g/mol. The Morgan fingerprint density at radius 2 is 2.00 bits per heavy atom. The van der Waals surface area contributed by atoms with E-state index in [2.05, 4.69) is 26.3 Å². The Hall–Kier alpha value is -1.89. The van der Waals surface area contributed by atoms with Crippen molar-refractivity contribution >= 4 is 27.7 Å². The number of carbonyl (C=O) groups is 1. The van der Waals surface area contributed by atoms with E-state index in [-0.39, 0.29) is 16.7 Å². The van der Waals surface area contributed by atoms with E-state index < -0.39 is 5.91 Å². The lowest BCUT2D eigenvalue weighted by atomic mass is 10.1. The van der Waals surface area contributed by atoms with Crippen LogP contribution in [0.4, 0.5) is 5.82 Å². The van der Waals surface area contributed by atoms with Crippen LogP contribution in [0, 0.1) is 6.92 Å². The van der Waals surface area contributed by atoms with Crippen molar-refractivity contribution in [3.63, 3.8) is 0 Å². The highest BCUT2D eigenvalue weighted by Gasteiger charge is 2.21. The maximum atomic E-state index is 12.4. The van der Waals surface area contributed by atoms with Crippen LogP contribution in [0.3, 0.4) is 0 Å². The van der Waals surface area contributed by atoms with E-state index in [0.717, 1.165) is 5.69 Å². The predicted octanol–water partition coefficient (Wildman–Crippen LogP) is 2.66. The summed E-state index contributed by atoms with van der Waals surface area (Å²) in [5.41, 5.74) is 0.244. The lowest BCUT2D eigenvalue weighted by Crippen LogP contribution is -2.31. The smallest absolute Gasteiger partial charge is 0.263 e. The molecule has 0 fully saturated rings. The highest BCUT2D eigenvalue weighted by molar-refractivity contribution is 9.10. The first-order valence-electron chi connectivity index (χ1n) is 6.85. The molecule has 2 heterocycles. The molecule has 0 atom stereocenters. The second-order valence-corrected chi connectivity index (χ2v) is 6.96. The summed E-state index contributed by atoms with van der Waals surface area (Å²) in [7, 11) is 1.64. The van der Waals surface area contributed by atoms with Crippen LogP contribution < -0.4 is 10.9 Å². The zero-order chi connectivity index (χ0) is 16.7. The first-order valence-corrected chi connectivity index (χ1v) is 7.64. The van der Waals surface area contributed by atoms with Gasteiger partial charge in [0.05, 0.1) is 11.7 Å². The summed E-state index contributed by atoms with van der Waals surface area (Å²) in [6.45, 7) is 7.76. The molecule has 0 bridgehead atoms. The summed E-state index contributed by atoms with van der Waals surface area (Å²) < 4.78 is 3.86. The Morgan fingerprint density at radius 3 is 2.59 bits per heavy atom. The molecule has 1 amide bonds. The van der Waals surface area contributed by atoms with E-state index >= 15 is 0 Å². The number of carbonyl (C=O) groups excluding carboxylic acids is 1. The van der Waals surface area contributed by atoms with Crippen molar-refractivity contribution in [1.82, 2.24) is 14.3 Å². The summed E-state index contributed by atoms with van der Waals surface area (Å²) in [6.07, 6.45) is 1.62. The fraction of sp³-hybridized carbons (Fsp3) is 0.400. The van der Waals surface area contributed by atoms with Crippen molar-refractivity contribution in [2.24, 2.45) is 7.05 Å². The molecule has 0 spiro atoms. The highest BCUT2D eigenvalue weighted by atomic mass is 79.9. The van der Waals surface area contributed by atoms with Crippen molar-refractivity contribution < 1.29 is 4.79 Å². The van der Waals surface area contributed by atoms with Gasteiger partial charge in [-0.15, -0.1) is 0 Å². The minimum Gasteiger partial charge on any atom is -0.314 e. The average Bonchev–Trinajstić information content (AvgIpc) is 2.88. The third kappa shape index (κ3) is 2.99. The topological polar surface area (TPSA) is 68.9 Å². The second-order valence-electron chi connectivity index (χ2n) is 6.11. The first-order chi connectivity index (χ1) is 10.1. The van der Waals surface area contributed by atoms with Crippen LogP contribution >= 0.6 is 15.9 Å². The molecule has 0 unspecified atom stereocenters.